The standard InChI is InChI=1S/C18H17N5OS2/c1-3-23-15(14-10-7-11-25-14)19-22-18(23)26-12(2)16-20-21-17(24-16)13-8-5-4-6-9-13/h4-12H,3H2,1-2H3/t12-/m1/s1. The van der Waals surface area contributed by atoms with E-state index in [1.807, 2.05) is 48.7 Å². The van der Waals surface area contributed by atoms with Crippen molar-refractivity contribution in [2.45, 2.75) is 30.8 Å². The van der Waals surface area contributed by atoms with Crippen molar-refractivity contribution in [2.24, 2.45) is 0 Å². The number of thiophene rings is 1. The first kappa shape index (κ1) is 17.0. The Hall–Kier alpha value is -2.45. The maximum Gasteiger partial charge on any atom is 0.247 e. The molecule has 0 spiro atoms. The van der Waals surface area contributed by atoms with E-state index in [9.17, 15) is 0 Å². The van der Waals surface area contributed by atoms with E-state index < -0.39 is 0 Å². The quantitative estimate of drug-likeness (QED) is 0.440. The highest BCUT2D eigenvalue weighted by Crippen LogP contribution is 2.36. The second kappa shape index (κ2) is 7.43. The Labute approximate surface area is 159 Å². The molecule has 3 aromatic heterocycles. The zero-order valence-electron chi connectivity index (χ0n) is 14.4. The lowest BCUT2D eigenvalue weighted by Crippen LogP contribution is -2.00. The largest absolute Gasteiger partial charge is 0.419 e. The van der Waals surface area contributed by atoms with Gasteiger partial charge in [0.1, 0.15) is 0 Å². The molecule has 1 aromatic carbocycles. The SMILES string of the molecule is CCn1c(S[C@H](C)c2nnc(-c3ccccc3)o2)nnc1-c1cccs1. The lowest BCUT2D eigenvalue weighted by molar-refractivity contribution is 0.508. The molecule has 132 valence electrons. The fourth-order valence-electron chi connectivity index (χ4n) is 2.55. The minimum absolute atomic E-state index is 0.0225. The first-order valence-electron chi connectivity index (χ1n) is 8.28. The van der Waals surface area contributed by atoms with E-state index in [2.05, 4.69) is 38.0 Å². The van der Waals surface area contributed by atoms with Crippen LogP contribution in [-0.2, 0) is 6.54 Å². The summed E-state index contributed by atoms with van der Waals surface area (Å²) >= 11 is 3.23. The summed E-state index contributed by atoms with van der Waals surface area (Å²) in [6.45, 7) is 4.93. The number of hydrogen-bond acceptors (Lipinski definition) is 7. The summed E-state index contributed by atoms with van der Waals surface area (Å²) in [6.07, 6.45) is 0. The third-order valence-corrected chi connectivity index (χ3v) is 5.80. The second-order valence-electron chi connectivity index (χ2n) is 5.60. The average Bonchev–Trinajstić information content (AvgIpc) is 3.42. The van der Waals surface area contributed by atoms with E-state index in [0.717, 1.165) is 28.0 Å². The molecule has 4 rings (SSSR count). The summed E-state index contributed by atoms with van der Waals surface area (Å²) in [4.78, 5) is 1.11. The van der Waals surface area contributed by atoms with Gasteiger partial charge >= 0.3 is 0 Å². The summed E-state index contributed by atoms with van der Waals surface area (Å²) in [5, 5.41) is 20.0. The van der Waals surface area contributed by atoms with Crippen molar-refractivity contribution in [3.8, 4) is 22.2 Å². The normalized spacial score (nSPS) is 12.4. The number of benzene rings is 1. The molecule has 0 aliphatic carbocycles. The van der Waals surface area contributed by atoms with Crippen LogP contribution >= 0.6 is 23.1 Å². The van der Waals surface area contributed by atoms with Gasteiger partial charge in [-0.25, -0.2) is 0 Å². The van der Waals surface area contributed by atoms with Crippen LogP contribution in [0.3, 0.4) is 0 Å². The van der Waals surface area contributed by atoms with E-state index in [-0.39, 0.29) is 5.25 Å². The average molecular weight is 384 g/mol. The Bertz CT molecular complexity index is 978. The molecule has 0 saturated heterocycles. The minimum atomic E-state index is -0.0225. The smallest absolute Gasteiger partial charge is 0.247 e. The summed E-state index contributed by atoms with van der Waals surface area (Å²) in [5.41, 5.74) is 0.917. The van der Waals surface area contributed by atoms with E-state index >= 15 is 0 Å². The minimum Gasteiger partial charge on any atom is -0.419 e. The van der Waals surface area contributed by atoms with Crippen LogP contribution in [0, 0.1) is 0 Å². The Balaban J connectivity index is 1.56. The van der Waals surface area contributed by atoms with Gasteiger partial charge in [0.2, 0.25) is 11.8 Å². The molecule has 0 radical (unpaired) electrons. The van der Waals surface area contributed by atoms with Crippen molar-refractivity contribution in [3.63, 3.8) is 0 Å². The zero-order valence-corrected chi connectivity index (χ0v) is 16.0. The number of thioether (sulfide) groups is 1. The molecule has 3 heterocycles. The van der Waals surface area contributed by atoms with Crippen molar-refractivity contribution in [3.05, 3.63) is 53.7 Å². The molecule has 0 fully saturated rings. The van der Waals surface area contributed by atoms with Crippen LogP contribution in [-0.4, -0.2) is 25.0 Å². The zero-order chi connectivity index (χ0) is 17.9. The van der Waals surface area contributed by atoms with Crippen LogP contribution in [0.1, 0.15) is 25.0 Å². The first-order valence-corrected chi connectivity index (χ1v) is 10.0. The molecule has 8 heteroatoms. The van der Waals surface area contributed by atoms with Crippen molar-refractivity contribution >= 4 is 23.1 Å². The number of rotatable bonds is 6. The third-order valence-electron chi connectivity index (χ3n) is 3.87. The van der Waals surface area contributed by atoms with Gasteiger partial charge < -0.3 is 8.98 Å². The lowest BCUT2D eigenvalue weighted by atomic mass is 10.2. The van der Waals surface area contributed by atoms with Crippen molar-refractivity contribution in [1.82, 2.24) is 25.0 Å². The fraction of sp³-hybridized carbons (Fsp3) is 0.222. The third kappa shape index (κ3) is 3.30. The predicted molar refractivity (Wildman–Crippen MR) is 103 cm³/mol. The Kier molecular flexibility index (Phi) is 4.85. The van der Waals surface area contributed by atoms with Gasteiger partial charge in [0, 0.05) is 12.1 Å². The molecule has 6 nitrogen and oxygen atoms in total. The van der Waals surface area contributed by atoms with E-state index in [1.165, 1.54) is 0 Å². The molecular weight excluding hydrogens is 366 g/mol. The van der Waals surface area contributed by atoms with E-state index in [4.69, 9.17) is 4.42 Å². The number of hydrogen-bond donors (Lipinski definition) is 0. The van der Waals surface area contributed by atoms with Gasteiger partial charge in [0.05, 0.1) is 10.1 Å². The maximum absolute atomic E-state index is 5.86. The summed E-state index contributed by atoms with van der Waals surface area (Å²) in [5.74, 6) is 2.01. The van der Waals surface area contributed by atoms with Gasteiger partial charge in [-0.2, -0.15) is 0 Å². The van der Waals surface area contributed by atoms with Gasteiger partial charge in [0.15, 0.2) is 11.0 Å². The van der Waals surface area contributed by atoms with Crippen molar-refractivity contribution in [2.75, 3.05) is 0 Å². The first-order chi connectivity index (χ1) is 12.8. The van der Waals surface area contributed by atoms with Crippen molar-refractivity contribution in [1.29, 1.82) is 0 Å². The van der Waals surface area contributed by atoms with Crippen LogP contribution in [0.4, 0.5) is 0 Å². The molecule has 0 amide bonds. The van der Waals surface area contributed by atoms with Gasteiger partial charge in [-0.1, -0.05) is 36.0 Å². The molecule has 26 heavy (non-hydrogen) atoms. The van der Waals surface area contributed by atoms with Gasteiger partial charge in [0.25, 0.3) is 0 Å². The summed E-state index contributed by atoms with van der Waals surface area (Å²) in [6, 6.07) is 13.9. The molecule has 0 saturated carbocycles. The highest BCUT2D eigenvalue weighted by Gasteiger charge is 2.21. The van der Waals surface area contributed by atoms with Gasteiger partial charge in [-0.05, 0) is 37.4 Å². The van der Waals surface area contributed by atoms with Gasteiger partial charge in [-0.15, -0.1) is 31.7 Å². The Morgan fingerprint density at radius 1 is 1.08 bits per heavy atom. The lowest BCUT2D eigenvalue weighted by Gasteiger charge is -2.08. The van der Waals surface area contributed by atoms with Crippen LogP contribution in [0.15, 0.2) is 57.4 Å². The Morgan fingerprint density at radius 3 is 2.65 bits per heavy atom. The van der Waals surface area contributed by atoms with Crippen LogP contribution in [0.2, 0.25) is 0 Å². The molecule has 0 aliphatic rings. The highest BCUT2D eigenvalue weighted by molar-refractivity contribution is 7.99. The fourth-order valence-corrected chi connectivity index (χ4v) is 4.21. The Morgan fingerprint density at radius 2 is 1.92 bits per heavy atom. The van der Waals surface area contributed by atoms with Crippen molar-refractivity contribution < 1.29 is 4.42 Å². The molecule has 0 aliphatic heterocycles. The topological polar surface area (TPSA) is 69.6 Å². The van der Waals surface area contributed by atoms with Crippen LogP contribution in [0.5, 0.6) is 0 Å². The molecule has 4 aromatic rings. The van der Waals surface area contributed by atoms with Gasteiger partial charge in [-0.3, -0.25) is 0 Å². The maximum atomic E-state index is 5.86. The molecule has 0 N–H and O–H groups in total. The molecule has 1 atom stereocenters. The molecule has 0 bridgehead atoms. The van der Waals surface area contributed by atoms with Crippen LogP contribution in [0.25, 0.3) is 22.2 Å². The number of nitrogens with zero attached hydrogens (tertiary/aromatic N) is 5. The van der Waals surface area contributed by atoms with E-state index in [1.54, 1.807) is 23.1 Å². The summed E-state index contributed by atoms with van der Waals surface area (Å²) in [7, 11) is 0. The molecular formula is C18H17N5OS2. The van der Waals surface area contributed by atoms with E-state index in [0.29, 0.717) is 11.8 Å². The monoisotopic (exact) mass is 383 g/mol. The highest BCUT2D eigenvalue weighted by atomic mass is 32.2. The predicted octanol–water partition coefficient (Wildman–Crippen LogP) is 4.93. The second-order valence-corrected chi connectivity index (χ2v) is 7.85. The number of aromatic nitrogens is 5. The summed E-state index contributed by atoms with van der Waals surface area (Å²) < 4.78 is 7.97. The molecule has 0 unspecified atom stereocenters. The van der Waals surface area contributed by atoms with Crippen LogP contribution < -0.4 is 0 Å².